The van der Waals surface area contributed by atoms with Crippen LogP contribution in [0.1, 0.15) is 38.5 Å². The topological polar surface area (TPSA) is 58.6 Å². The van der Waals surface area contributed by atoms with E-state index in [2.05, 4.69) is 11.4 Å². The van der Waals surface area contributed by atoms with Crippen molar-refractivity contribution in [1.29, 1.82) is 0 Å². The SMILES string of the molecule is C=Cc1cc(C(/C=C(\F)c2ccc(C(=O)N[C@@H]3CON(CC(F)(F)F)C3=O)c(C(F)(F)F)c2)C(F)(F)F)cc(Cl)c1Cl. The summed E-state index contributed by atoms with van der Waals surface area (Å²) in [5.41, 5.74) is -4.60. The van der Waals surface area contributed by atoms with Crippen molar-refractivity contribution in [3.63, 3.8) is 0 Å². The fourth-order valence-corrected chi connectivity index (χ4v) is 4.23. The number of rotatable bonds is 7. The van der Waals surface area contributed by atoms with Gasteiger partial charge in [0.1, 0.15) is 30.9 Å². The van der Waals surface area contributed by atoms with Gasteiger partial charge in [-0.3, -0.25) is 14.4 Å². The molecule has 42 heavy (non-hydrogen) atoms. The van der Waals surface area contributed by atoms with Crippen molar-refractivity contribution >= 4 is 46.9 Å². The van der Waals surface area contributed by atoms with Gasteiger partial charge >= 0.3 is 18.5 Å². The highest BCUT2D eigenvalue weighted by Gasteiger charge is 2.43. The van der Waals surface area contributed by atoms with Gasteiger partial charge in [0, 0.05) is 5.56 Å². The summed E-state index contributed by atoms with van der Waals surface area (Å²) in [5.74, 6) is -7.42. The number of nitrogens with one attached hydrogen (secondary N) is 1. The third kappa shape index (κ3) is 7.75. The van der Waals surface area contributed by atoms with Crippen molar-refractivity contribution in [2.75, 3.05) is 13.2 Å². The van der Waals surface area contributed by atoms with E-state index in [1.807, 2.05) is 0 Å². The number of amides is 2. The van der Waals surface area contributed by atoms with Gasteiger partial charge < -0.3 is 5.32 Å². The molecule has 2 aromatic rings. The molecule has 17 heteroatoms. The zero-order valence-electron chi connectivity index (χ0n) is 20.5. The van der Waals surface area contributed by atoms with Gasteiger partial charge in [0.05, 0.1) is 21.2 Å². The Balaban J connectivity index is 1.96. The molecule has 0 bridgehead atoms. The standard InChI is InChI=1S/C25H16Cl2F10N2O3/c1-2-11-5-13(7-17(26)20(11)27)15(24(32,33)34)8-18(28)12-3-4-14(16(6-12)25(35,36)37)21(40)38-19-9-42-39(22(19)41)10-23(29,30)31/h2-8,15,19H,1,9-10H2,(H,38,40)/b18-8-/t15?,19-/m1/s1. The minimum absolute atomic E-state index is 0.00539. The molecule has 0 spiro atoms. The first-order valence-electron chi connectivity index (χ1n) is 11.3. The molecule has 228 valence electrons. The second kappa shape index (κ2) is 12.1. The van der Waals surface area contributed by atoms with Crippen LogP contribution in [0.2, 0.25) is 10.0 Å². The van der Waals surface area contributed by atoms with Crippen LogP contribution in [-0.4, -0.2) is 48.4 Å². The van der Waals surface area contributed by atoms with Crippen molar-refractivity contribution in [1.82, 2.24) is 10.4 Å². The normalized spacial score (nSPS) is 17.4. The van der Waals surface area contributed by atoms with Crippen LogP contribution in [0.5, 0.6) is 0 Å². The largest absolute Gasteiger partial charge is 0.417 e. The van der Waals surface area contributed by atoms with E-state index in [0.29, 0.717) is 12.1 Å². The number of nitrogens with zero attached hydrogens (tertiary/aromatic N) is 1. The van der Waals surface area contributed by atoms with Gasteiger partial charge in [-0.25, -0.2) is 9.45 Å². The van der Waals surface area contributed by atoms with Gasteiger partial charge in [-0.2, -0.15) is 39.5 Å². The lowest BCUT2D eigenvalue weighted by molar-refractivity contribution is -0.214. The third-order valence-corrected chi connectivity index (χ3v) is 6.55. The molecule has 1 fully saturated rings. The highest BCUT2D eigenvalue weighted by Crippen LogP contribution is 2.42. The summed E-state index contributed by atoms with van der Waals surface area (Å²) in [7, 11) is 0. The van der Waals surface area contributed by atoms with Crippen LogP contribution in [-0.2, 0) is 15.8 Å². The summed E-state index contributed by atoms with van der Waals surface area (Å²) in [6, 6.07) is 1.03. The molecule has 1 N–H and O–H groups in total. The molecule has 3 rings (SSSR count). The molecule has 2 atom stereocenters. The highest BCUT2D eigenvalue weighted by atomic mass is 35.5. The molecule has 5 nitrogen and oxygen atoms in total. The van der Waals surface area contributed by atoms with Crippen molar-refractivity contribution in [3.05, 3.63) is 80.8 Å². The number of carbonyl (C=O) groups excluding carboxylic acids is 2. The Morgan fingerprint density at radius 3 is 2.29 bits per heavy atom. The van der Waals surface area contributed by atoms with E-state index < -0.39 is 83.5 Å². The molecule has 0 radical (unpaired) electrons. The predicted molar refractivity (Wildman–Crippen MR) is 131 cm³/mol. The van der Waals surface area contributed by atoms with E-state index in [1.165, 1.54) is 0 Å². The molecule has 1 saturated heterocycles. The lowest BCUT2D eigenvalue weighted by atomic mass is 9.94. The van der Waals surface area contributed by atoms with Crippen molar-refractivity contribution < 1.29 is 58.3 Å². The average molecular weight is 653 g/mol. The Labute approximate surface area is 240 Å². The number of carbonyl (C=O) groups is 2. The Morgan fingerprint density at radius 2 is 1.74 bits per heavy atom. The summed E-state index contributed by atoms with van der Waals surface area (Å²) >= 11 is 11.8. The number of halogens is 12. The van der Waals surface area contributed by atoms with E-state index in [4.69, 9.17) is 23.2 Å². The van der Waals surface area contributed by atoms with Crippen LogP contribution in [0.3, 0.4) is 0 Å². The molecule has 2 aromatic carbocycles. The zero-order valence-corrected chi connectivity index (χ0v) is 22.0. The second-order valence-electron chi connectivity index (χ2n) is 8.71. The molecule has 1 unspecified atom stereocenters. The third-order valence-electron chi connectivity index (χ3n) is 5.74. The summed E-state index contributed by atoms with van der Waals surface area (Å²) in [6.07, 6.45) is -14.3. The number of hydrogen-bond acceptors (Lipinski definition) is 3. The minimum atomic E-state index is -5.35. The quantitative estimate of drug-likeness (QED) is 0.311. The van der Waals surface area contributed by atoms with Gasteiger partial charge in [-0.05, 0) is 41.5 Å². The predicted octanol–water partition coefficient (Wildman–Crippen LogP) is 7.75. The van der Waals surface area contributed by atoms with Crippen molar-refractivity contribution in [2.45, 2.75) is 30.5 Å². The molecule has 1 aliphatic heterocycles. The number of alkyl halides is 9. The van der Waals surface area contributed by atoms with Crippen molar-refractivity contribution in [2.24, 2.45) is 0 Å². The number of hydrogen-bond donors (Lipinski definition) is 1. The Morgan fingerprint density at radius 1 is 1.10 bits per heavy atom. The van der Waals surface area contributed by atoms with Gasteiger partial charge in [-0.1, -0.05) is 41.9 Å². The number of allylic oxidation sites excluding steroid dienone is 1. The molecule has 0 aromatic heterocycles. The zero-order chi connectivity index (χ0) is 31.8. The second-order valence-corrected chi connectivity index (χ2v) is 9.50. The van der Waals surface area contributed by atoms with E-state index >= 15 is 4.39 Å². The minimum Gasteiger partial charge on any atom is -0.338 e. The number of benzene rings is 2. The molecule has 0 aliphatic carbocycles. The van der Waals surface area contributed by atoms with Crippen LogP contribution >= 0.6 is 23.2 Å². The molecular weight excluding hydrogens is 637 g/mol. The number of hydroxylamine groups is 2. The fourth-order valence-electron chi connectivity index (χ4n) is 3.81. The first-order chi connectivity index (χ1) is 19.2. The Bertz CT molecular complexity index is 1420. The van der Waals surface area contributed by atoms with E-state index in [1.54, 1.807) is 5.32 Å². The van der Waals surface area contributed by atoms with Gasteiger partial charge in [0.25, 0.3) is 11.8 Å². The highest BCUT2D eigenvalue weighted by molar-refractivity contribution is 6.43. The molecule has 1 heterocycles. The maximum absolute atomic E-state index is 15.1. The summed E-state index contributed by atoms with van der Waals surface area (Å²) in [4.78, 5) is 29.1. The first-order valence-corrected chi connectivity index (χ1v) is 12.1. The van der Waals surface area contributed by atoms with Crippen LogP contribution in [0.25, 0.3) is 11.9 Å². The summed E-state index contributed by atoms with van der Waals surface area (Å²) < 4.78 is 136. The molecule has 1 aliphatic rings. The monoisotopic (exact) mass is 652 g/mol. The van der Waals surface area contributed by atoms with Crippen LogP contribution in [0, 0.1) is 0 Å². The summed E-state index contributed by atoms with van der Waals surface area (Å²) in [5, 5.41) is 1.22. The van der Waals surface area contributed by atoms with E-state index in [0.717, 1.165) is 18.2 Å². The Kier molecular flexibility index (Phi) is 9.59. The van der Waals surface area contributed by atoms with Crippen LogP contribution < -0.4 is 5.32 Å². The fraction of sp³-hybridized carbons (Fsp3) is 0.280. The smallest absolute Gasteiger partial charge is 0.338 e. The van der Waals surface area contributed by atoms with Gasteiger partial charge in [-0.15, -0.1) is 0 Å². The van der Waals surface area contributed by atoms with Gasteiger partial charge in [0.15, 0.2) is 0 Å². The van der Waals surface area contributed by atoms with Gasteiger partial charge in [0.2, 0.25) is 0 Å². The Hall–Kier alpha value is -3.30. The lowest BCUT2D eigenvalue weighted by Gasteiger charge is -2.20. The van der Waals surface area contributed by atoms with Crippen LogP contribution in [0.4, 0.5) is 43.9 Å². The van der Waals surface area contributed by atoms with E-state index in [9.17, 15) is 49.1 Å². The summed E-state index contributed by atoms with van der Waals surface area (Å²) in [6.45, 7) is 0.721. The van der Waals surface area contributed by atoms with E-state index in [-0.39, 0.29) is 32.8 Å². The van der Waals surface area contributed by atoms with Crippen LogP contribution in [0.15, 0.2) is 43.0 Å². The maximum Gasteiger partial charge on any atom is 0.417 e. The molecule has 2 amide bonds. The average Bonchev–Trinajstić information content (AvgIpc) is 3.19. The van der Waals surface area contributed by atoms with Crippen molar-refractivity contribution in [3.8, 4) is 0 Å². The molecular formula is C25H16Cl2F10N2O3. The first kappa shape index (κ1) is 33.2. The lowest BCUT2D eigenvalue weighted by Crippen LogP contribution is -2.44. The molecule has 0 saturated carbocycles. The maximum atomic E-state index is 15.1.